The summed E-state index contributed by atoms with van der Waals surface area (Å²) >= 11 is 0. The summed E-state index contributed by atoms with van der Waals surface area (Å²) in [7, 11) is 0. The van der Waals surface area contributed by atoms with Crippen molar-refractivity contribution in [3.63, 3.8) is 0 Å². The predicted molar refractivity (Wildman–Crippen MR) is 99.1 cm³/mol. The normalized spacial score (nSPS) is 20.7. The number of hydrogen-bond acceptors (Lipinski definition) is 4. The monoisotopic (exact) mass is 360 g/mol. The number of aryl methyl sites for hydroxylation is 1. The zero-order valence-electron chi connectivity index (χ0n) is 15.6. The number of nitrogens with one attached hydrogen (secondary N) is 2. The number of carbonyl (C=O) groups excluding carboxylic acids is 2. The summed E-state index contributed by atoms with van der Waals surface area (Å²) in [6, 6.07) is 5.25. The van der Waals surface area contributed by atoms with Crippen LogP contribution in [0.1, 0.15) is 54.9 Å². The first-order valence-electron chi connectivity index (χ1n) is 9.32. The molecule has 26 heavy (non-hydrogen) atoms. The van der Waals surface area contributed by atoms with Gasteiger partial charge in [0.15, 0.2) is 0 Å². The third kappa shape index (κ3) is 4.07. The lowest BCUT2D eigenvalue weighted by molar-refractivity contribution is -0.151. The number of hydrogen-bond donors (Lipinski definition) is 3. The zero-order valence-corrected chi connectivity index (χ0v) is 15.6. The van der Waals surface area contributed by atoms with Gasteiger partial charge in [-0.3, -0.25) is 9.59 Å². The van der Waals surface area contributed by atoms with E-state index < -0.39 is 11.0 Å². The van der Waals surface area contributed by atoms with Gasteiger partial charge in [-0.1, -0.05) is 25.3 Å². The summed E-state index contributed by atoms with van der Waals surface area (Å²) in [5.41, 5.74) is 0.695. The van der Waals surface area contributed by atoms with Crippen LogP contribution in [0.5, 0.6) is 0 Å². The molecule has 142 valence electrons. The minimum absolute atomic E-state index is 0.0964. The summed E-state index contributed by atoms with van der Waals surface area (Å²) in [5.74, 6) is -0.335. The highest BCUT2D eigenvalue weighted by Crippen LogP contribution is 2.29. The van der Waals surface area contributed by atoms with Crippen molar-refractivity contribution >= 4 is 17.5 Å². The maximum Gasteiger partial charge on any atom is 0.251 e. The van der Waals surface area contributed by atoms with Crippen molar-refractivity contribution in [3.8, 4) is 0 Å². The Bertz CT molecular complexity index is 691. The van der Waals surface area contributed by atoms with E-state index in [-0.39, 0.29) is 18.4 Å². The number of amides is 2. The van der Waals surface area contributed by atoms with Crippen LogP contribution in [0.3, 0.4) is 0 Å². The van der Waals surface area contributed by atoms with Gasteiger partial charge in [0.25, 0.3) is 5.91 Å². The summed E-state index contributed by atoms with van der Waals surface area (Å²) in [4.78, 5) is 24.9. The number of benzene rings is 1. The fraction of sp³-hybridized carbons (Fsp3) is 0.600. The average Bonchev–Trinajstić information content (AvgIpc) is 2.60. The van der Waals surface area contributed by atoms with Crippen LogP contribution in [-0.2, 0) is 9.53 Å². The number of rotatable bonds is 5. The topological polar surface area (TPSA) is 87.7 Å². The van der Waals surface area contributed by atoms with Crippen molar-refractivity contribution in [2.75, 3.05) is 25.1 Å². The third-order valence-corrected chi connectivity index (χ3v) is 5.50. The van der Waals surface area contributed by atoms with Crippen molar-refractivity contribution < 1.29 is 19.4 Å². The molecule has 0 bridgehead atoms. The molecule has 0 radical (unpaired) electrons. The van der Waals surface area contributed by atoms with Crippen LogP contribution in [0.25, 0.3) is 0 Å². The Morgan fingerprint density at radius 2 is 1.88 bits per heavy atom. The van der Waals surface area contributed by atoms with E-state index in [1.165, 1.54) is 0 Å². The third-order valence-electron chi connectivity index (χ3n) is 5.50. The van der Waals surface area contributed by atoms with Gasteiger partial charge in [-0.05, 0) is 44.4 Å². The molecule has 0 unspecified atom stereocenters. The van der Waals surface area contributed by atoms with Crippen LogP contribution >= 0.6 is 0 Å². The smallest absolute Gasteiger partial charge is 0.251 e. The minimum Gasteiger partial charge on any atom is -0.388 e. The molecule has 2 fully saturated rings. The lowest BCUT2D eigenvalue weighted by Crippen LogP contribution is -2.49. The molecular weight excluding hydrogens is 332 g/mol. The van der Waals surface area contributed by atoms with Gasteiger partial charge in [0, 0.05) is 17.8 Å². The van der Waals surface area contributed by atoms with Crippen LogP contribution in [0, 0.1) is 12.3 Å². The number of aliphatic hydroxyl groups is 1. The molecule has 6 nitrogen and oxygen atoms in total. The molecule has 1 aromatic rings. The molecule has 1 aliphatic heterocycles. The minimum atomic E-state index is -0.797. The average molecular weight is 360 g/mol. The summed E-state index contributed by atoms with van der Waals surface area (Å²) in [6.07, 6.45) is 4.58. The molecule has 0 atom stereocenters. The first kappa shape index (κ1) is 18.9. The molecule has 0 aromatic heterocycles. The second-order valence-corrected chi connectivity index (χ2v) is 8.00. The van der Waals surface area contributed by atoms with E-state index in [0.717, 1.165) is 37.7 Å². The maximum absolute atomic E-state index is 12.5. The first-order valence-corrected chi connectivity index (χ1v) is 9.32. The van der Waals surface area contributed by atoms with E-state index in [2.05, 4.69) is 10.6 Å². The van der Waals surface area contributed by atoms with Gasteiger partial charge in [-0.15, -0.1) is 0 Å². The van der Waals surface area contributed by atoms with Crippen molar-refractivity contribution in [2.45, 2.75) is 51.6 Å². The maximum atomic E-state index is 12.5. The van der Waals surface area contributed by atoms with Gasteiger partial charge < -0.3 is 20.5 Å². The second kappa shape index (κ2) is 7.37. The molecule has 1 aromatic carbocycles. The van der Waals surface area contributed by atoms with Crippen LogP contribution < -0.4 is 10.6 Å². The Labute approximate surface area is 154 Å². The lowest BCUT2D eigenvalue weighted by Gasteiger charge is -2.36. The molecule has 3 rings (SSSR count). The van der Waals surface area contributed by atoms with E-state index in [4.69, 9.17) is 4.74 Å². The van der Waals surface area contributed by atoms with Gasteiger partial charge >= 0.3 is 0 Å². The molecule has 6 heteroatoms. The standard InChI is InChI=1S/C20H28N2O4/c1-14-6-7-15(10-16(14)22-18(24)19(2)12-26-13-19)17(23)21-11-20(25)8-4-3-5-9-20/h6-7,10,25H,3-5,8-9,11-13H2,1-2H3,(H,21,23)(H,22,24). The van der Waals surface area contributed by atoms with E-state index in [9.17, 15) is 14.7 Å². The Kier molecular flexibility index (Phi) is 5.34. The van der Waals surface area contributed by atoms with Gasteiger partial charge in [0.1, 0.15) is 0 Å². The molecule has 1 aliphatic carbocycles. The zero-order chi connectivity index (χ0) is 18.8. The molecule has 1 saturated carbocycles. The molecule has 0 spiro atoms. The number of carbonyl (C=O) groups is 2. The van der Waals surface area contributed by atoms with Gasteiger partial charge in [-0.25, -0.2) is 0 Å². The Morgan fingerprint density at radius 1 is 1.19 bits per heavy atom. The largest absolute Gasteiger partial charge is 0.388 e. The molecule has 3 N–H and O–H groups in total. The number of ether oxygens (including phenoxy) is 1. The summed E-state index contributed by atoms with van der Waals surface area (Å²) in [6.45, 7) is 4.84. The van der Waals surface area contributed by atoms with Gasteiger partial charge in [-0.2, -0.15) is 0 Å². The van der Waals surface area contributed by atoms with Crippen molar-refractivity contribution in [3.05, 3.63) is 29.3 Å². The summed E-state index contributed by atoms with van der Waals surface area (Å²) in [5, 5.41) is 16.3. The highest BCUT2D eigenvalue weighted by atomic mass is 16.5. The van der Waals surface area contributed by atoms with Crippen LogP contribution in [0.15, 0.2) is 18.2 Å². The summed E-state index contributed by atoms with van der Waals surface area (Å²) < 4.78 is 5.14. The highest BCUT2D eigenvalue weighted by molar-refractivity contribution is 5.99. The lowest BCUT2D eigenvalue weighted by atomic mass is 9.85. The Balaban J connectivity index is 1.64. The van der Waals surface area contributed by atoms with Crippen molar-refractivity contribution in [1.82, 2.24) is 5.32 Å². The number of anilines is 1. The second-order valence-electron chi connectivity index (χ2n) is 8.00. The molecular formula is C20H28N2O4. The first-order chi connectivity index (χ1) is 12.3. The van der Waals surface area contributed by atoms with Gasteiger partial charge in [0.05, 0.1) is 24.2 Å². The molecule has 2 amide bonds. The van der Waals surface area contributed by atoms with Crippen LogP contribution in [-0.4, -0.2) is 42.3 Å². The highest BCUT2D eigenvalue weighted by Gasteiger charge is 2.41. The quantitative estimate of drug-likeness (QED) is 0.752. The van der Waals surface area contributed by atoms with Crippen LogP contribution in [0.4, 0.5) is 5.69 Å². The van der Waals surface area contributed by atoms with Crippen LogP contribution in [0.2, 0.25) is 0 Å². The molecule has 2 aliphatic rings. The van der Waals surface area contributed by atoms with E-state index in [1.807, 2.05) is 19.9 Å². The Morgan fingerprint density at radius 3 is 2.50 bits per heavy atom. The fourth-order valence-corrected chi connectivity index (χ4v) is 3.44. The van der Waals surface area contributed by atoms with Gasteiger partial charge in [0.2, 0.25) is 5.91 Å². The fourth-order valence-electron chi connectivity index (χ4n) is 3.44. The molecule has 1 saturated heterocycles. The predicted octanol–water partition coefficient (Wildman–Crippen LogP) is 2.40. The van der Waals surface area contributed by atoms with Crippen molar-refractivity contribution in [2.24, 2.45) is 5.41 Å². The molecule has 1 heterocycles. The Hall–Kier alpha value is -1.92. The van der Waals surface area contributed by atoms with E-state index in [0.29, 0.717) is 24.5 Å². The van der Waals surface area contributed by atoms with E-state index in [1.54, 1.807) is 12.1 Å². The van der Waals surface area contributed by atoms with Crippen molar-refractivity contribution in [1.29, 1.82) is 0 Å². The SMILES string of the molecule is Cc1ccc(C(=O)NCC2(O)CCCCC2)cc1NC(=O)C1(C)COC1. The van der Waals surface area contributed by atoms with E-state index >= 15 is 0 Å².